The second-order valence-corrected chi connectivity index (χ2v) is 8.79. The molecule has 1 aromatic carbocycles. The molecular weight excluding hydrogens is 503 g/mol. The zero-order valence-electron chi connectivity index (χ0n) is 18.7. The highest BCUT2D eigenvalue weighted by Crippen LogP contribution is 2.51. The highest BCUT2D eigenvalue weighted by Gasteiger charge is 2.60. The van der Waals surface area contributed by atoms with Crippen molar-refractivity contribution in [1.29, 1.82) is 5.26 Å². The Morgan fingerprint density at radius 2 is 1.97 bits per heavy atom. The van der Waals surface area contributed by atoms with Gasteiger partial charge in [0.1, 0.15) is 29.0 Å². The molecule has 0 atom stereocenters. The van der Waals surface area contributed by atoms with Crippen molar-refractivity contribution in [3.05, 3.63) is 63.4 Å². The molecule has 0 aliphatic heterocycles. The monoisotopic (exact) mass is 519 g/mol. The molecule has 1 fully saturated rings. The van der Waals surface area contributed by atoms with Gasteiger partial charge >= 0.3 is 0 Å². The molecule has 1 aliphatic rings. The van der Waals surface area contributed by atoms with Gasteiger partial charge in [-0.25, -0.2) is 13.2 Å². The number of carbonyl (C=O) groups excluding carboxylic acids is 3. The van der Waals surface area contributed by atoms with Crippen molar-refractivity contribution in [2.24, 2.45) is 7.05 Å². The van der Waals surface area contributed by atoms with Crippen LogP contribution in [0.15, 0.2) is 24.4 Å². The number of anilines is 1. The summed E-state index contributed by atoms with van der Waals surface area (Å²) in [7, 11) is 1.34. The summed E-state index contributed by atoms with van der Waals surface area (Å²) in [5.74, 6) is -6.98. The van der Waals surface area contributed by atoms with Crippen molar-refractivity contribution in [3.63, 3.8) is 0 Å². The minimum atomic E-state index is -3.08. The second kappa shape index (κ2) is 8.80. The number of nitriles is 1. The third kappa shape index (κ3) is 4.20. The average Bonchev–Trinajstić information content (AvgIpc) is 3.41. The highest BCUT2D eigenvalue weighted by molar-refractivity contribution is 6.44. The fourth-order valence-electron chi connectivity index (χ4n) is 4.31. The van der Waals surface area contributed by atoms with Gasteiger partial charge in [0.15, 0.2) is 0 Å². The van der Waals surface area contributed by atoms with Crippen LogP contribution in [0.25, 0.3) is 0 Å². The van der Waals surface area contributed by atoms with E-state index in [4.69, 9.17) is 11.6 Å². The van der Waals surface area contributed by atoms with Gasteiger partial charge in [0.2, 0.25) is 0 Å². The maximum Gasteiger partial charge on any atom is 0.293 e. The number of nitrogens with one attached hydrogen (secondary N) is 3. The Labute approximate surface area is 206 Å². The Bertz CT molecular complexity index is 1440. The molecule has 0 saturated heterocycles. The van der Waals surface area contributed by atoms with Crippen molar-refractivity contribution >= 4 is 34.9 Å². The number of hydrogen-bond donors (Lipinski definition) is 3. The molecule has 1 aliphatic carbocycles. The van der Waals surface area contributed by atoms with Gasteiger partial charge in [-0.3, -0.25) is 14.4 Å². The average molecular weight is 520 g/mol. The first-order valence-corrected chi connectivity index (χ1v) is 10.7. The third-order valence-electron chi connectivity index (χ3n) is 5.95. The van der Waals surface area contributed by atoms with E-state index in [2.05, 4.69) is 26.0 Å². The van der Waals surface area contributed by atoms with Crippen LogP contribution >= 0.6 is 11.6 Å². The molecule has 0 spiro atoms. The molecule has 0 unspecified atom stereocenters. The summed E-state index contributed by atoms with van der Waals surface area (Å²) in [4.78, 5) is 39.0. The molecule has 186 valence electrons. The molecular formula is C22H17ClF3N7O3. The first-order chi connectivity index (χ1) is 16.9. The number of rotatable bonds is 6. The van der Waals surface area contributed by atoms with Gasteiger partial charge < -0.3 is 15.2 Å². The normalized spacial score (nSPS) is 15.5. The number of hydrogen-bond acceptors (Lipinski definition) is 6. The lowest BCUT2D eigenvalue weighted by Crippen LogP contribution is -2.61. The molecule has 36 heavy (non-hydrogen) atoms. The Morgan fingerprint density at radius 3 is 2.53 bits per heavy atom. The van der Waals surface area contributed by atoms with Crippen molar-refractivity contribution in [2.45, 2.75) is 31.2 Å². The molecule has 3 aromatic rings. The van der Waals surface area contributed by atoms with Crippen LogP contribution in [0, 0.1) is 24.1 Å². The number of H-pyrrole nitrogens is 1. The van der Waals surface area contributed by atoms with Crippen LogP contribution in [-0.4, -0.2) is 43.5 Å². The summed E-state index contributed by atoms with van der Waals surface area (Å²) < 4.78 is 42.0. The molecule has 10 nitrogen and oxygen atoms in total. The highest BCUT2D eigenvalue weighted by atomic mass is 35.5. The molecule has 2 amide bonds. The van der Waals surface area contributed by atoms with Crippen LogP contribution in [0.5, 0.6) is 0 Å². The van der Waals surface area contributed by atoms with E-state index in [-0.39, 0.29) is 38.9 Å². The van der Waals surface area contributed by atoms with Crippen molar-refractivity contribution in [2.75, 3.05) is 5.32 Å². The first-order valence-electron chi connectivity index (χ1n) is 10.4. The Balaban J connectivity index is 1.64. The summed E-state index contributed by atoms with van der Waals surface area (Å²) in [6.45, 7) is 1.36. The molecule has 1 saturated carbocycles. The summed E-state index contributed by atoms with van der Waals surface area (Å²) in [6, 6.07) is 5.28. The van der Waals surface area contributed by atoms with Crippen LogP contribution in [-0.2, 0) is 17.4 Å². The van der Waals surface area contributed by atoms with Gasteiger partial charge in [0.05, 0.1) is 22.3 Å². The summed E-state index contributed by atoms with van der Waals surface area (Å²) >= 11 is 5.74. The maximum absolute atomic E-state index is 13.7. The number of amides is 2. The zero-order valence-corrected chi connectivity index (χ0v) is 19.5. The fourth-order valence-corrected chi connectivity index (χ4v) is 4.49. The Kier molecular flexibility index (Phi) is 6.09. The minimum Gasteiger partial charge on any atom is -0.337 e. The van der Waals surface area contributed by atoms with Crippen LogP contribution in [0.3, 0.4) is 0 Å². The van der Waals surface area contributed by atoms with E-state index in [0.29, 0.717) is 0 Å². The van der Waals surface area contributed by atoms with Crippen molar-refractivity contribution < 1.29 is 27.6 Å². The number of aromatic amines is 1. The molecule has 14 heteroatoms. The second-order valence-electron chi connectivity index (χ2n) is 8.38. The zero-order chi connectivity index (χ0) is 26.4. The Hall–Kier alpha value is -4.18. The molecule has 0 radical (unpaired) electrons. The van der Waals surface area contributed by atoms with Gasteiger partial charge in [0, 0.05) is 25.6 Å². The molecule has 3 N–H and O–H groups in total. The van der Waals surface area contributed by atoms with Crippen LogP contribution in [0.1, 0.15) is 50.6 Å². The summed E-state index contributed by atoms with van der Waals surface area (Å²) in [6.07, 6.45) is -0.421. The van der Waals surface area contributed by atoms with Gasteiger partial charge in [-0.15, -0.1) is 0 Å². The van der Waals surface area contributed by atoms with Crippen molar-refractivity contribution in [3.8, 4) is 6.07 Å². The van der Waals surface area contributed by atoms with Crippen molar-refractivity contribution in [1.82, 2.24) is 25.3 Å². The third-order valence-corrected chi connectivity index (χ3v) is 6.24. The van der Waals surface area contributed by atoms with Crippen LogP contribution in [0.4, 0.5) is 18.9 Å². The lowest BCUT2D eigenvalue weighted by Gasteiger charge is -2.46. The summed E-state index contributed by atoms with van der Waals surface area (Å²) in [5, 5.41) is 23.8. The lowest BCUT2D eigenvalue weighted by atomic mass is 9.71. The molecule has 4 rings (SSSR count). The predicted octanol–water partition coefficient (Wildman–Crippen LogP) is 2.99. The topological polar surface area (TPSA) is 146 Å². The van der Waals surface area contributed by atoms with E-state index in [1.54, 1.807) is 6.07 Å². The molecule has 2 aromatic heterocycles. The molecule has 2 heterocycles. The standard InChI is InChI=1S/C22H17ClF3N7O3/c1-10-16(18(34)20(36)30-21(8-22(25,26)9-21)15-7-28-32-31-15)14(6-27)33(2)17(10)19(35)29-11-3-4-13(24)12(23)5-11/h3-5,7H,8-9H2,1-2H3,(H,29,35)(H,30,36)(H,28,31,32). The fraction of sp³-hybridized carbons (Fsp3) is 0.273. The van der Waals surface area contributed by atoms with E-state index in [0.717, 1.165) is 10.6 Å². The number of alkyl halides is 2. The SMILES string of the molecule is Cc1c(C(=O)C(=O)NC2(c3cn[nH]n3)CC(F)(F)C2)c(C#N)n(C)c1C(=O)Nc1ccc(F)c(Cl)c1. The van der Waals surface area contributed by atoms with Crippen LogP contribution < -0.4 is 10.6 Å². The van der Waals surface area contributed by atoms with E-state index >= 15 is 0 Å². The number of nitrogens with zero attached hydrogens (tertiary/aromatic N) is 4. The number of Topliss-reactive ketones (excluding diaryl/α,β-unsaturated/α-hetero) is 1. The van der Waals surface area contributed by atoms with Crippen LogP contribution in [0.2, 0.25) is 5.02 Å². The quantitative estimate of drug-likeness (QED) is 0.337. The van der Waals surface area contributed by atoms with E-state index in [9.17, 15) is 32.8 Å². The number of halogens is 4. The molecule has 0 bridgehead atoms. The number of ketones is 1. The van der Waals surface area contributed by atoms with E-state index < -0.39 is 47.7 Å². The maximum atomic E-state index is 13.7. The van der Waals surface area contributed by atoms with Gasteiger partial charge in [0.25, 0.3) is 23.5 Å². The summed E-state index contributed by atoms with van der Waals surface area (Å²) in [5.41, 5.74) is -2.21. The number of aromatic nitrogens is 4. The van der Waals surface area contributed by atoms with E-state index in [1.165, 1.54) is 32.3 Å². The number of benzene rings is 1. The van der Waals surface area contributed by atoms with Gasteiger partial charge in [-0.2, -0.15) is 20.7 Å². The van der Waals surface area contributed by atoms with Gasteiger partial charge in [-0.1, -0.05) is 11.6 Å². The lowest BCUT2D eigenvalue weighted by molar-refractivity contribution is -0.148. The van der Waals surface area contributed by atoms with E-state index in [1.807, 2.05) is 0 Å². The number of carbonyl (C=O) groups is 3. The predicted molar refractivity (Wildman–Crippen MR) is 119 cm³/mol. The Morgan fingerprint density at radius 1 is 1.28 bits per heavy atom. The van der Waals surface area contributed by atoms with Gasteiger partial charge in [-0.05, 0) is 30.7 Å². The largest absolute Gasteiger partial charge is 0.337 e. The smallest absolute Gasteiger partial charge is 0.293 e. The first kappa shape index (κ1) is 24.9. The minimum absolute atomic E-state index is 0.00864.